The molecule has 2 aromatic carbocycles. The normalized spacial score (nSPS) is 16.1. The fourth-order valence-electron chi connectivity index (χ4n) is 4.17. The number of hydrogen-bond donors (Lipinski definition) is 4. The summed E-state index contributed by atoms with van der Waals surface area (Å²) < 4.78 is 41.0. The summed E-state index contributed by atoms with van der Waals surface area (Å²) in [5.41, 5.74) is -0.162. The number of benzene rings is 2. The number of H-pyrrole nitrogens is 2. The standard InChI is InChI=1S/C24H23ClF3N5O3/c25-16-4-3-14(10-18(16)27)20(6-2-13-1-5-17(26)19(28)9-13)30-23(35)29-15-7-8-33(12-15)21-11-22(34)32-24(36)31-21/h1,3-5,9-11,15,20H,2,6-8,12H2,(H2,29,30,35)(H2,31,32,34,36)/t15-,20?/m1/s1. The maximum atomic E-state index is 14.1. The Labute approximate surface area is 208 Å². The van der Waals surface area contributed by atoms with Crippen molar-refractivity contribution in [2.45, 2.75) is 31.3 Å². The third-order valence-corrected chi connectivity index (χ3v) is 6.27. The fourth-order valence-corrected chi connectivity index (χ4v) is 4.28. The van der Waals surface area contributed by atoms with Crippen LogP contribution in [-0.2, 0) is 6.42 Å². The Balaban J connectivity index is 1.42. The molecular formula is C24H23ClF3N5O3. The SMILES string of the molecule is O=C(NC(CCc1ccc(F)c(F)c1)c1ccc(Cl)c(F)c1)N[C@@H]1CCN(c2cc(=O)[nH]c(=O)[nH]2)C1. The molecule has 4 rings (SSSR count). The summed E-state index contributed by atoms with van der Waals surface area (Å²) in [4.78, 5) is 42.4. The van der Waals surface area contributed by atoms with Gasteiger partial charge in [-0.05, 0) is 54.7 Å². The number of urea groups is 1. The quantitative estimate of drug-likeness (QED) is 0.382. The summed E-state index contributed by atoms with van der Waals surface area (Å²) in [6.45, 7) is 0.869. The van der Waals surface area contributed by atoms with E-state index in [9.17, 15) is 27.6 Å². The van der Waals surface area contributed by atoms with Crippen molar-refractivity contribution in [3.8, 4) is 0 Å². The van der Waals surface area contributed by atoms with Crippen LogP contribution in [-0.4, -0.2) is 35.1 Å². The highest BCUT2D eigenvalue weighted by atomic mass is 35.5. The molecule has 0 aliphatic carbocycles. The van der Waals surface area contributed by atoms with Crippen LogP contribution in [0, 0.1) is 17.5 Å². The van der Waals surface area contributed by atoms with E-state index in [0.717, 1.165) is 12.1 Å². The molecule has 0 radical (unpaired) electrons. The number of carbonyl (C=O) groups is 1. The number of carbonyl (C=O) groups excluding carboxylic acids is 1. The van der Waals surface area contributed by atoms with Crippen LogP contribution in [0.15, 0.2) is 52.1 Å². The Morgan fingerprint density at radius 3 is 2.58 bits per heavy atom. The number of aromatic nitrogens is 2. The second-order valence-corrected chi connectivity index (χ2v) is 8.94. The van der Waals surface area contributed by atoms with Gasteiger partial charge in [-0.15, -0.1) is 0 Å². The minimum Gasteiger partial charge on any atom is -0.356 e. The Hall–Kier alpha value is -3.73. The molecule has 12 heteroatoms. The molecule has 8 nitrogen and oxygen atoms in total. The lowest BCUT2D eigenvalue weighted by Crippen LogP contribution is -2.45. The van der Waals surface area contributed by atoms with E-state index in [1.807, 2.05) is 0 Å². The second-order valence-electron chi connectivity index (χ2n) is 8.54. The van der Waals surface area contributed by atoms with Crippen molar-refractivity contribution in [3.63, 3.8) is 0 Å². The smallest absolute Gasteiger partial charge is 0.327 e. The third kappa shape index (κ3) is 6.28. The van der Waals surface area contributed by atoms with Crippen molar-refractivity contribution in [3.05, 3.63) is 96.9 Å². The number of aryl methyl sites for hydroxylation is 1. The second kappa shape index (κ2) is 10.9. The first kappa shape index (κ1) is 25.4. The molecular weight excluding hydrogens is 499 g/mol. The third-order valence-electron chi connectivity index (χ3n) is 5.97. The maximum Gasteiger partial charge on any atom is 0.327 e. The summed E-state index contributed by atoms with van der Waals surface area (Å²) >= 11 is 5.79. The predicted octanol–water partition coefficient (Wildman–Crippen LogP) is 3.39. The first-order chi connectivity index (χ1) is 17.2. The number of amides is 2. The Kier molecular flexibility index (Phi) is 7.68. The number of nitrogens with one attached hydrogen (secondary N) is 4. The van der Waals surface area contributed by atoms with E-state index in [1.165, 1.54) is 24.3 Å². The zero-order chi connectivity index (χ0) is 25.8. The average Bonchev–Trinajstić information content (AvgIpc) is 3.28. The van der Waals surface area contributed by atoms with Gasteiger partial charge in [-0.3, -0.25) is 14.8 Å². The molecule has 1 saturated heterocycles. The monoisotopic (exact) mass is 521 g/mol. The molecule has 0 bridgehead atoms. The van der Waals surface area contributed by atoms with Gasteiger partial charge in [0, 0.05) is 25.2 Å². The molecule has 3 aromatic rings. The van der Waals surface area contributed by atoms with Crippen LogP contribution in [0.4, 0.5) is 23.8 Å². The van der Waals surface area contributed by atoms with Crippen LogP contribution in [0.25, 0.3) is 0 Å². The van der Waals surface area contributed by atoms with Crippen LogP contribution in [0.3, 0.4) is 0 Å². The van der Waals surface area contributed by atoms with Crippen molar-refractivity contribution in [1.29, 1.82) is 0 Å². The van der Waals surface area contributed by atoms with Gasteiger partial charge in [0.15, 0.2) is 11.6 Å². The van der Waals surface area contributed by atoms with Gasteiger partial charge in [-0.1, -0.05) is 23.7 Å². The molecule has 1 aromatic heterocycles. The van der Waals surface area contributed by atoms with Crippen LogP contribution >= 0.6 is 11.6 Å². The summed E-state index contributed by atoms with van der Waals surface area (Å²) in [7, 11) is 0. The largest absolute Gasteiger partial charge is 0.356 e. The van der Waals surface area contributed by atoms with E-state index >= 15 is 0 Å². The highest BCUT2D eigenvalue weighted by Gasteiger charge is 2.26. The van der Waals surface area contributed by atoms with Gasteiger partial charge < -0.3 is 15.5 Å². The van der Waals surface area contributed by atoms with E-state index in [0.29, 0.717) is 42.9 Å². The van der Waals surface area contributed by atoms with Gasteiger partial charge in [-0.25, -0.2) is 22.8 Å². The maximum absolute atomic E-state index is 14.1. The predicted molar refractivity (Wildman–Crippen MR) is 129 cm³/mol. The zero-order valence-corrected chi connectivity index (χ0v) is 19.7. The topological polar surface area (TPSA) is 110 Å². The van der Waals surface area contributed by atoms with Crippen molar-refractivity contribution in [2.75, 3.05) is 18.0 Å². The van der Waals surface area contributed by atoms with E-state index in [1.54, 1.807) is 11.0 Å². The molecule has 0 saturated carbocycles. The summed E-state index contributed by atoms with van der Waals surface area (Å²) in [5.74, 6) is -2.22. The van der Waals surface area contributed by atoms with Crippen molar-refractivity contribution >= 4 is 23.4 Å². The van der Waals surface area contributed by atoms with Gasteiger partial charge in [0.05, 0.1) is 11.1 Å². The van der Waals surface area contributed by atoms with E-state index in [-0.39, 0.29) is 17.5 Å². The first-order valence-corrected chi connectivity index (χ1v) is 11.6. The summed E-state index contributed by atoms with van der Waals surface area (Å²) in [6.07, 6.45) is 1.14. The van der Waals surface area contributed by atoms with Gasteiger partial charge in [-0.2, -0.15) is 0 Å². The molecule has 2 amide bonds. The Bertz CT molecular complexity index is 1350. The summed E-state index contributed by atoms with van der Waals surface area (Å²) in [6, 6.07) is 7.59. The molecule has 4 N–H and O–H groups in total. The van der Waals surface area contributed by atoms with E-state index < -0.39 is 40.8 Å². The number of anilines is 1. The molecule has 2 atom stereocenters. The van der Waals surface area contributed by atoms with Crippen LogP contribution in [0.5, 0.6) is 0 Å². The lowest BCUT2D eigenvalue weighted by atomic mass is 9.98. The molecule has 0 spiro atoms. The minimum atomic E-state index is -0.972. The molecule has 1 aliphatic rings. The van der Waals surface area contributed by atoms with Gasteiger partial charge in [0.25, 0.3) is 5.56 Å². The number of aromatic amines is 2. The number of hydrogen-bond acceptors (Lipinski definition) is 4. The number of rotatable bonds is 7. The van der Waals surface area contributed by atoms with Crippen LogP contribution < -0.4 is 26.8 Å². The van der Waals surface area contributed by atoms with Crippen molar-refractivity contribution in [2.24, 2.45) is 0 Å². The van der Waals surface area contributed by atoms with Gasteiger partial charge >= 0.3 is 11.7 Å². The number of halogens is 4. The summed E-state index contributed by atoms with van der Waals surface area (Å²) in [5, 5.41) is 5.60. The number of nitrogens with zero attached hydrogens (tertiary/aromatic N) is 1. The molecule has 1 fully saturated rings. The van der Waals surface area contributed by atoms with Crippen LogP contribution in [0.2, 0.25) is 5.02 Å². The molecule has 36 heavy (non-hydrogen) atoms. The Morgan fingerprint density at radius 2 is 1.86 bits per heavy atom. The molecule has 2 heterocycles. The molecule has 190 valence electrons. The lowest BCUT2D eigenvalue weighted by molar-refractivity contribution is 0.233. The fraction of sp³-hybridized carbons (Fsp3) is 0.292. The highest BCUT2D eigenvalue weighted by Crippen LogP contribution is 2.24. The molecule has 1 unspecified atom stereocenters. The van der Waals surface area contributed by atoms with Gasteiger partial charge in [0.2, 0.25) is 0 Å². The molecule has 1 aliphatic heterocycles. The van der Waals surface area contributed by atoms with E-state index in [2.05, 4.69) is 20.6 Å². The average molecular weight is 522 g/mol. The lowest BCUT2D eigenvalue weighted by Gasteiger charge is -2.22. The highest BCUT2D eigenvalue weighted by molar-refractivity contribution is 6.30. The minimum absolute atomic E-state index is 0.0635. The van der Waals surface area contributed by atoms with Crippen molar-refractivity contribution in [1.82, 2.24) is 20.6 Å². The Morgan fingerprint density at radius 1 is 1.06 bits per heavy atom. The first-order valence-electron chi connectivity index (χ1n) is 11.2. The van der Waals surface area contributed by atoms with E-state index in [4.69, 9.17) is 11.6 Å². The zero-order valence-electron chi connectivity index (χ0n) is 18.9. The van der Waals surface area contributed by atoms with Crippen molar-refractivity contribution < 1.29 is 18.0 Å². The van der Waals surface area contributed by atoms with Gasteiger partial charge in [0.1, 0.15) is 11.6 Å². The van der Waals surface area contributed by atoms with Crippen LogP contribution in [0.1, 0.15) is 30.0 Å².